The molecule has 0 spiro atoms. The Balaban J connectivity index is 1.53. The van der Waals surface area contributed by atoms with E-state index in [1.54, 1.807) is 24.1 Å². The van der Waals surface area contributed by atoms with Gasteiger partial charge in [0.05, 0.1) is 49.3 Å². The number of nitrogens with zero attached hydrogens (tertiary/aromatic N) is 5. The summed E-state index contributed by atoms with van der Waals surface area (Å²) in [6, 6.07) is 11.1. The number of likely N-dealkylation sites (N-methyl/N-ethyl adjacent to an activating group) is 2. The van der Waals surface area contributed by atoms with Gasteiger partial charge in [-0.25, -0.2) is 19.2 Å². The SMILES string of the molecule is C=CC(=O)Nc1cc(Nc2ncc(F)c(-c3c4n(c5ccccc35)CCOC4)n2)c(OC)cc1N(C)CCN(C)C(=O)O. The normalized spacial score (nSPS) is 12.4. The highest BCUT2D eigenvalue weighted by Crippen LogP contribution is 2.40. The van der Waals surface area contributed by atoms with E-state index >= 15 is 4.39 Å². The molecule has 0 saturated heterocycles. The van der Waals surface area contributed by atoms with Crippen LogP contribution in [0.2, 0.25) is 0 Å². The van der Waals surface area contributed by atoms with Gasteiger partial charge in [0.25, 0.3) is 0 Å². The van der Waals surface area contributed by atoms with Crippen molar-refractivity contribution in [2.75, 3.05) is 56.4 Å². The molecule has 0 saturated carbocycles. The Morgan fingerprint density at radius 1 is 1.23 bits per heavy atom. The van der Waals surface area contributed by atoms with Crippen LogP contribution in [0.4, 0.5) is 32.2 Å². The summed E-state index contributed by atoms with van der Waals surface area (Å²) in [4.78, 5) is 35.3. The van der Waals surface area contributed by atoms with Crippen molar-refractivity contribution >= 4 is 45.9 Å². The van der Waals surface area contributed by atoms with Crippen LogP contribution in [0.5, 0.6) is 5.75 Å². The summed E-state index contributed by atoms with van der Waals surface area (Å²) in [5.41, 5.74) is 3.97. The Bertz CT molecular complexity index is 1710. The van der Waals surface area contributed by atoms with Crippen LogP contribution in [-0.2, 0) is 22.7 Å². The molecule has 1 aliphatic rings. The Labute approximate surface area is 247 Å². The summed E-state index contributed by atoms with van der Waals surface area (Å²) in [5.74, 6) is -0.522. The minimum Gasteiger partial charge on any atom is -0.494 e. The maximum atomic E-state index is 15.4. The smallest absolute Gasteiger partial charge is 0.407 e. The number of carboxylic acid groups (broad SMARTS) is 1. The maximum absolute atomic E-state index is 15.4. The van der Waals surface area contributed by atoms with Crippen LogP contribution in [0, 0.1) is 5.82 Å². The summed E-state index contributed by atoms with van der Waals surface area (Å²) in [6.45, 7) is 5.62. The highest BCUT2D eigenvalue weighted by Gasteiger charge is 2.25. The van der Waals surface area contributed by atoms with Gasteiger partial charge in [-0.3, -0.25) is 4.79 Å². The van der Waals surface area contributed by atoms with Crippen molar-refractivity contribution in [2.24, 2.45) is 0 Å². The molecule has 43 heavy (non-hydrogen) atoms. The fraction of sp³-hybridized carbons (Fsp3) is 0.267. The molecule has 0 fully saturated rings. The lowest BCUT2D eigenvalue weighted by molar-refractivity contribution is -0.111. The van der Waals surface area contributed by atoms with Gasteiger partial charge >= 0.3 is 6.09 Å². The number of aromatic nitrogens is 3. The molecule has 3 N–H and O–H groups in total. The number of carbonyl (C=O) groups excluding carboxylic acids is 1. The zero-order valence-corrected chi connectivity index (χ0v) is 24.1. The summed E-state index contributed by atoms with van der Waals surface area (Å²) in [6.07, 6.45) is 1.20. The molecule has 4 aromatic rings. The molecular formula is C30H32FN7O5. The van der Waals surface area contributed by atoms with Crippen molar-refractivity contribution in [1.29, 1.82) is 0 Å². The molecule has 13 heteroatoms. The van der Waals surface area contributed by atoms with Crippen LogP contribution in [0.1, 0.15) is 5.69 Å². The zero-order chi connectivity index (χ0) is 30.7. The molecule has 1 aliphatic heterocycles. The van der Waals surface area contributed by atoms with Crippen molar-refractivity contribution in [3.05, 3.63) is 66.8 Å². The number of halogens is 1. The molecule has 0 unspecified atom stereocenters. The summed E-state index contributed by atoms with van der Waals surface area (Å²) >= 11 is 0. The Morgan fingerprint density at radius 3 is 2.77 bits per heavy atom. The van der Waals surface area contributed by atoms with Gasteiger partial charge in [-0.2, -0.15) is 0 Å². The number of carbonyl (C=O) groups is 2. The van der Waals surface area contributed by atoms with E-state index in [9.17, 15) is 14.7 Å². The number of hydrogen-bond acceptors (Lipinski definition) is 8. The van der Waals surface area contributed by atoms with E-state index in [0.717, 1.165) is 33.8 Å². The number of ether oxygens (including phenoxy) is 2. The lowest BCUT2D eigenvalue weighted by atomic mass is 10.1. The third-order valence-electron chi connectivity index (χ3n) is 7.27. The molecule has 0 aliphatic carbocycles. The van der Waals surface area contributed by atoms with Crippen molar-refractivity contribution in [3.8, 4) is 17.0 Å². The predicted molar refractivity (Wildman–Crippen MR) is 162 cm³/mol. The molecule has 0 atom stereocenters. The highest BCUT2D eigenvalue weighted by atomic mass is 19.1. The van der Waals surface area contributed by atoms with Crippen molar-refractivity contribution in [3.63, 3.8) is 0 Å². The average Bonchev–Trinajstić information content (AvgIpc) is 3.34. The van der Waals surface area contributed by atoms with Gasteiger partial charge in [0.15, 0.2) is 5.82 Å². The molecule has 0 bridgehead atoms. The molecule has 2 aromatic heterocycles. The van der Waals surface area contributed by atoms with E-state index in [-0.39, 0.29) is 18.2 Å². The Hall–Kier alpha value is -5.17. The van der Waals surface area contributed by atoms with E-state index in [4.69, 9.17) is 9.47 Å². The third-order valence-corrected chi connectivity index (χ3v) is 7.27. The van der Waals surface area contributed by atoms with E-state index < -0.39 is 17.8 Å². The topological polar surface area (TPSA) is 134 Å². The second-order valence-electron chi connectivity index (χ2n) is 9.95. The molecular weight excluding hydrogens is 557 g/mol. The van der Waals surface area contributed by atoms with Crippen LogP contribution >= 0.6 is 0 Å². The number of hydrogen-bond donors (Lipinski definition) is 3. The lowest BCUT2D eigenvalue weighted by Gasteiger charge is -2.26. The van der Waals surface area contributed by atoms with Crippen LogP contribution in [0.15, 0.2) is 55.3 Å². The summed E-state index contributed by atoms with van der Waals surface area (Å²) < 4.78 is 28.8. The standard InChI is InChI=1S/C30H32FN7O5/c1-5-26(39)33-20-14-21(25(42-4)15-23(20)36(2)10-11-37(3)30(40)41)34-29-32-16-19(31)28(35-29)27-18-8-6-7-9-22(18)38-12-13-43-17-24(27)38/h5-9,14-16H,1,10-13,17H2,2-4H3,(H,33,39)(H,40,41)(H,32,34,35). The van der Waals surface area contributed by atoms with Gasteiger partial charge in [0.2, 0.25) is 11.9 Å². The number of benzene rings is 2. The van der Waals surface area contributed by atoms with Gasteiger partial charge in [-0.1, -0.05) is 24.8 Å². The molecule has 5 rings (SSSR count). The van der Waals surface area contributed by atoms with Crippen LogP contribution in [-0.4, -0.2) is 77.4 Å². The molecule has 12 nitrogen and oxygen atoms in total. The van der Waals surface area contributed by atoms with Crippen LogP contribution < -0.4 is 20.3 Å². The predicted octanol–water partition coefficient (Wildman–Crippen LogP) is 4.69. The first-order chi connectivity index (χ1) is 20.7. The number of fused-ring (bicyclic) bond motifs is 3. The summed E-state index contributed by atoms with van der Waals surface area (Å²) in [7, 11) is 4.73. The second kappa shape index (κ2) is 12.4. The Kier molecular flexibility index (Phi) is 8.44. The van der Waals surface area contributed by atoms with Crippen LogP contribution in [0.3, 0.4) is 0 Å². The number of methoxy groups -OCH3 is 1. The van der Waals surface area contributed by atoms with E-state index in [1.165, 1.54) is 14.2 Å². The number of para-hydroxylation sites is 1. The average molecular weight is 590 g/mol. The number of nitrogens with one attached hydrogen (secondary N) is 2. The van der Waals surface area contributed by atoms with Crippen molar-refractivity contribution in [2.45, 2.75) is 13.2 Å². The van der Waals surface area contributed by atoms with Crippen LogP contribution in [0.25, 0.3) is 22.2 Å². The van der Waals surface area contributed by atoms with Gasteiger partial charge < -0.3 is 39.6 Å². The first-order valence-electron chi connectivity index (χ1n) is 13.5. The zero-order valence-electron chi connectivity index (χ0n) is 24.1. The first-order valence-corrected chi connectivity index (χ1v) is 13.5. The highest BCUT2D eigenvalue weighted by molar-refractivity contribution is 6.02. The first kappa shape index (κ1) is 29.3. The van der Waals surface area contributed by atoms with Gasteiger partial charge in [-0.15, -0.1) is 0 Å². The van der Waals surface area contributed by atoms with E-state index in [0.29, 0.717) is 54.7 Å². The minimum absolute atomic E-state index is 0.112. The third kappa shape index (κ3) is 5.93. The van der Waals surface area contributed by atoms with Crippen molar-refractivity contribution < 1.29 is 28.6 Å². The Morgan fingerprint density at radius 2 is 2.02 bits per heavy atom. The summed E-state index contributed by atoms with van der Waals surface area (Å²) in [5, 5.41) is 16.0. The van der Waals surface area contributed by atoms with E-state index in [2.05, 4.69) is 31.7 Å². The minimum atomic E-state index is -1.05. The molecule has 2 amide bonds. The van der Waals surface area contributed by atoms with Gasteiger partial charge in [0, 0.05) is 56.3 Å². The maximum Gasteiger partial charge on any atom is 0.407 e. The fourth-order valence-corrected chi connectivity index (χ4v) is 5.03. The number of amides is 2. The largest absolute Gasteiger partial charge is 0.494 e. The van der Waals surface area contributed by atoms with Gasteiger partial charge in [-0.05, 0) is 18.2 Å². The molecule has 3 heterocycles. The van der Waals surface area contributed by atoms with Crippen molar-refractivity contribution in [1.82, 2.24) is 19.4 Å². The lowest BCUT2D eigenvalue weighted by Crippen LogP contribution is -2.34. The monoisotopic (exact) mass is 589 g/mol. The molecule has 224 valence electrons. The van der Waals surface area contributed by atoms with E-state index in [1.807, 2.05) is 24.3 Å². The number of rotatable bonds is 10. The molecule has 0 radical (unpaired) electrons. The molecule has 2 aromatic carbocycles. The second-order valence-corrected chi connectivity index (χ2v) is 9.95. The number of anilines is 4. The van der Waals surface area contributed by atoms with Gasteiger partial charge in [0.1, 0.15) is 11.4 Å². The fourth-order valence-electron chi connectivity index (χ4n) is 5.03. The quantitative estimate of drug-likeness (QED) is 0.225.